The van der Waals surface area contributed by atoms with Gasteiger partial charge in [-0.25, -0.2) is 4.68 Å². The Morgan fingerprint density at radius 2 is 1.75 bits per heavy atom. The van der Waals surface area contributed by atoms with E-state index in [4.69, 9.17) is 0 Å². The van der Waals surface area contributed by atoms with Crippen molar-refractivity contribution in [2.75, 3.05) is 0 Å². The third-order valence-electron chi connectivity index (χ3n) is 1.92. The quantitative estimate of drug-likeness (QED) is 0.808. The van der Waals surface area contributed by atoms with Gasteiger partial charge in [0.2, 0.25) is 0 Å². The van der Waals surface area contributed by atoms with Gasteiger partial charge in [-0.05, 0) is 40.2 Å². The highest BCUT2D eigenvalue weighted by Crippen LogP contribution is 2.29. The SMILES string of the molecule is FC(F)(F)c1ccc(-n2cc(Br)nn2)cc1. The van der Waals surface area contributed by atoms with Crippen molar-refractivity contribution in [3.8, 4) is 5.69 Å². The fraction of sp³-hybridized carbons (Fsp3) is 0.111. The first-order chi connectivity index (χ1) is 7.47. The third kappa shape index (κ3) is 2.24. The molecule has 0 bridgehead atoms. The Morgan fingerprint density at radius 3 is 2.19 bits per heavy atom. The van der Waals surface area contributed by atoms with Crippen LogP contribution in [0.2, 0.25) is 0 Å². The molecule has 0 atom stereocenters. The summed E-state index contributed by atoms with van der Waals surface area (Å²) in [5.74, 6) is 0. The predicted molar refractivity (Wildman–Crippen MR) is 54.1 cm³/mol. The molecule has 0 saturated heterocycles. The van der Waals surface area contributed by atoms with E-state index in [1.807, 2.05) is 0 Å². The molecule has 7 heteroatoms. The maximum atomic E-state index is 12.3. The van der Waals surface area contributed by atoms with E-state index in [0.717, 1.165) is 12.1 Å². The molecule has 0 radical (unpaired) electrons. The van der Waals surface area contributed by atoms with Crippen LogP contribution in [0.25, 0.3) is 5.69 Å². The number of benzene rings is 1. The van der Waals surface area contributed by atoms with E-state index < -0.39 is 11.7 Å². The van der Waals surface area contributed by atoms with Crippen LogP contribution in [0.3, 0.4) is 0 Å². The standard InChI is InChI=1S/C9H5BrF3N3/c10-8-5-16(15-14-8)7-3-1-6(2-4-7)9(11,12)13/h1-5H. The molecule has 1 heterocycles. The van der Waals surface area contributed by atoms with Gasteiger partial charge in [-0.3, -0.25) is 0 Å². The summed E-state index contributed by atoms with van der Waals surface area (Å²) >= 11 is 3.10. The first kappa shape index (κ1) is 11.1. The van der Waals surface area contributed by atoms with Crippen molar-refractivity contribution in [2.24, 2.45) is 0 Å². The first-order valence-electron chi connectivity index (χ1n) is 4.22. The molecule has 1 aromatic heterocycles. The Bertz CT molecular complexity index is 489. The molecule has 3 nitrogen and oxygen atoms in total. The Kier molecular flexibility index (Phi) is 2.71. The molecule has 0 spiro atoms. The predicted octanol–water partition coefficient (Wildman–Crippen LogP) is 3.05. The maximum Gasteiger partial charge on any atom is 0.416 e. The number of hydrogen-bond donors (Lipinski definition) is 0. The minimum atomic E-state index is -4.32. The Balaban J connectivity index is 2.33. The van der Waals surface area contributed by atoms with Crippen molar-refractivity contribution in [3.05, 3.63) is 40.6 Å². The van der Waals surface area contributed by atoms with E-state index in [9.17, 15) is 13.2 Å². The fourth-order valence-corrected chi connectivity index (χ4v) is 1.44. The highest BCUT2D eigenvalue weighted by Gasteiger charge is 2.29. The maximum absolute atomic E-state index is 12.3. The molecule has 2 rings (SSSR count). The van der Waals surface area contributed by atoms with E-state index in [0.29, 0.717) is 10.3 Å². The van der Waals surface area contributed by atoms with Crippen molar-refractivity contribution in [1.29, 1.82) is 0 Å². The molecule has 0 saturated carbocycles. The lowest BCUT2D eigenvalue weighted by atomic mass is 10.2. The van der Waals surface area contributed by atoms with E-state index in [1.165, 1.54) is 16.8 Å². The Morgan fingerprint density at radius 1 is 1.12 bits per heavy atom. The van der Waals surface area contributed by atoms with Gasteiger partial charge in [0, 0.05) is 0 Å². The zero-order valence-electron chi connectivity index (χ0n) is 7.74. The molecule has 0 aliphatic rings. The van der Waals surface area contributed by atoms with Crippen LogP contribution in [0.4, 0.5) is 13.2 Å². The number of rotatable bonds is 1. The van der Waals surface area contributed by atoms with Gasteiger partial charge in [-0.1, -0.05) is 5.21 Å². The van der Waals surface area contributed by atoms with Crippen molar-refractivity contribution >= 4 is 15.9 Å². The van der Waals surface area contributed by atoms with Crippen LogP contribution in [-0.4, -0.2) is 15.0 Å². The average Bonchev–Trinajstić information content (AvgIpc) is 2.64. The zero-order chi connectivity index (χ0) is 11.8. The molecule has 2 aromatic rings. The molecule has 0 unspecified atom stereocenters. The third-order valence-corrected chi connectivity index (χ3v) is 2.29. The molecule has 0 fully saturated rings. The summed E-state index contributed by atoms with van der Waals surface area (Å²) in [7, 11) is 0. The van der Waals surface area contributed by atoms with Gasteiger partial charge >= 0.3 is 6.18 Å². The topological polar surface area (TPSA) is 30.7 Å². The average molecular weight is 292 g/mol. The summed E-state index contributed by atoms with van der Waals surface area (Å²) in [5.41, 5.74) is -0.165. The van der Waals surface area contributed by atoms with E-state index in [-0.39, 0.29) is 0 Å². The largest absolute Gasteiger partial charge is 0.416 e. The van der Waals surface area contributed by atoms with Crippen LogP contribution in [0, 0.1) is 0 Å². The zero-order valence-corrected chi connectivity index (χ0v) is 9.33. The fourth-order valence-electron chi connectivity index (χ4n) is 1.17. The molecular formula is C9H5BrF3N3. The summed E-state index contributed by atoms with van der Waals surface area (Å²) in [6.07, 6.45) is -2.76. The summed E-state index contributed by atoms with van der Waals surface area (Å²) < 4.78 is 38.8. The normalized spacial score (nSPS) is 11.8. The molecule has 0 N–H and O–H groups in total. The Labute approximate surface area is 97.0 Å². The van der Waals surface area contributed by atoms with E-state index in [2.05, 4.69) is 26.2 Å². The lowest BCUT2D eigenvalue weighted by Gasteiger charge is -2.06. The van der Waals surface area contributed by atoms with Gasteiger partial charge in [0.25, 0.3) is 0 Å². The summed E-state index contributed by atoms with van der Waals surface area (Å²) in [6, 6.07) is 4.68. The van der Waals surface area contributed by atoms with Gasteiger partial charge in [0.1, 0.15) is 4.60 Å². The van der Waals surface area contributed by atoms with Gasteiger partial charge in [0.05, 0.1) is 17.4 Å². The van der Waals surface area contributed by atoms with Gasteiger partial charge < -0.3 is 0 Å². The minimum absolute atomic E-state index is 0.520. The molecule has 1 aromatic carbocycles. The highest BCUT2D eigenvalue weighted by molar-refractivity contribution is 9.10. The number of aromatic nitrogens is 3. The van der Waals surface area contributed by atoms with E-state index in [1.54, 1.807) is 6.20 Å². The van der Waals surface area contributed by atoms with Crippen LogP contribution >= 0.6 is 15.9 Å². The number of alkyl halides is 3. The van der Waals surface area contributed by atoms with Crippen LogP contribution in [-0.2, 0) is 6.18 Å². The second-order valence-electron chi connectivity index (χ2n) is 3.03. The smallest absolute Gasteiger partial charge is 0.220 e. The molecular weight excluding hydrogens is 287 g/mol. The van der Waals surface area contributed by atoms with Crippen LogP contribution in [0.5, 0.6) is 0 Å². The van der Waals surface area contributed by atoms with Crippen molar-refractivity contribution in [3.63, 3.8) is 0 Å². The molecule has 0 amide bonds. The molecule has 0 aliphatic carbocycles. The van der Waals surface area contributed by atoms with Crippen LogP contribution in [0.1, 0.15) is 5.56 Å². The monoisotopic (exact) mass is 291 g/mol. The van der Waals surface area contributed by atoms with Gasteiger partial charge in [0.15, 0.2) is 0 Å². The van der Waals surface area contributed by atoms with Crippen molar-refractivity contribution in [1.82, 2.24) is 15.0 Å². The second-order valence-corrected chi connectivity index (χ2v) is 3.84. The molecule has 16 heavy (non-hydrogen) atoms. The lowest BCUT2D eigenvalue weighted by Crippen LogP contribution is -2.05. The lowest BCUT2D eigenvalue weighted by molar-refractivity contribution is -0.137. The van der Waals surface area contributed by atoms with Crippen molar-refractivity contribution < 1.29 is 13.2 Å². The van der Waals surface area contributed by atoms with Gasteiger partial charge in [-0.2, -0.15) is 13.2 Å². The van der Waals surface area contributed by atoms with Crippen molar-refractivity contribution in [2.45, 2.75) is 6.18 Å². The summed E-state index contributed by atoms with van der Waals surface area (Å²) in [6.45, 7) is 0. The first-order valence-corrected chi connectivity index (χ1v) is 5.01. The van der Waals surface area contributed by atoms with Gasteiger partial charge in [-0.15, -0.1) is 5.10 Å². The number of halogens is 4. The van der Waals surface area contributed by atoms with Crippen LogP contribution < -0.4 is 0 Å². The highest BCUT2D eigenvalue weighted by atomic mass is 79.9. The number of nitrogens with zero attached hydrogens (tertiary/aromatic N) is 3. The minimum Gasteiger partial charge on any atom is -0.220 e. The summed E-state index contributed by atoms with van der Waals surface area (Å²) in [4.78, 5) is 0. The van der Waals surface area contributed by atoms with E-state index >= 15 is 0 Å². The van der Waals surface area contributed by atoms with Crippen LogP contribution in [0.15, 0.2) is 35.1 Å². The Hall–Kier alpha value is -1.37. The molecule has 0 aliphatic heterocycles. The molecule has 84 valence electrons. The number of hydrogen-bond acceptors (Lipinski definition) is 2. The summed E-state index contributed by atoms with van der Waals surface area (Å²) in [5, 5.41) is 7.39. The second kappa shape index (κ2) is 3.89.